The molecule has 1 saturated heterocycles. The molecule has 0 aliphatic carbocycles. The molecule has 0 N–H and O–H groups in total. The Bertz CT molecular complexity index is 103. The molecule has 1 atom stereocenters. The Kier molecular flexibility index (Phi) is 3.38. The zero-order valence-corrected chi connectivity index (χ0v) is 7.84. The average molecular weight is 154 g/mol. The Balaban J connectivity index is 2.27. The van der Waals surface area contributed by atoms with Crippen molar-refractivity contribution in [2.24, 2.45) is 5.92 Å². The number of likely N-dealkylation sites (tertiary alicyclic amines) is 1. The molecular formula is C10H20N. The van der Waals surface area contributed by atoms with Crippen LogP contribution in [0.4, 0.5) is 0 Å². The van der Waals surface area contributed by atoms with Gasteiger partial charge in [-0.1, -0.05) is 13.8 Å². The van der Waals surface area contributed by atoms with Gasteiger partial charge in [0.25, 0.3) is 0 Å². The summed E-state index contributed by atoms with van der Waals surface area (Å²) in [5.74, 6) is 0.718. The second kappa shape index (κ2) is 4.10. The molecule has 0 aromatic heterocycles. The molecule has 1 heterocycles. The Hall–Kier alpha value is -0.0400. The first-order valence-corrected chi connectivity index (χ1v) is 4.81. The molecule has 1 aliphatic rings. The predicted molar refractivity (Wildman–Crippen MR) is 49.4 cm³/mol. The minimum atomic E-state index is 0.718. The van der Waals surface area contributed by atoms with E-state index in [0.717, 1.165) is 12.0 Å². The molecule has 0 aromatic rings. The van der Waals surface area contributed by atoms with Gasteiger partial charge < -0.3 is 4.90 Å². The van der Waals surface area contributed by atoms with Crippen molar-refractivity contribution in [3.05, 3.63) is 6.92 Å². The van der Waals surface area contributed by atoms with E-state index in [1.54, 1.807) is 0 Å². The quantitative estimate of drug-likeness (QED) is 0.590. The Labute approximate surface area is 70.8 Å². The van der Waals surface area contributed by atoms with Crippen molar-refractivity contribution in [1.82, 2.24) is 4.90 Å². The first-order valence-electron chi connectivity index (χ1n) is 4.81. The summed E-state index contributed by atoms with van der Waals surface area (Å²) in [6.07, 6.45) is 3.87. The highest BCUT2D eigenvalue weighted by atomic mass is 15.1. The standard InChI is InChI=1S/C10H20N/c1-4-10(3)11-7-5-9(2)6-8-11/h9-10H,2,4-8H2,1,3H3. The van der Waals surface area contributed by atoms with E-state index in [0.29, 0.717) is 0 Å². The molecule has 1 rings (SSSR count). The Morgan fingerprint density at radius 2 is 2.00 bits per heavy atom. The van der Waals surface area contributed by atoms with Crippen LogP contribution in [-0.4, -0.2) is 24.0 Å². The van der Waals surface area contributed by atoms with Crippen LogP contribution in [0.1, 0.15) is 33.1 Å². The van der Waals surface area contributed by atoms with Crippen molar-refractivity contribution in [2.75, 3.05) is 13.1 Å². The van der Waals surface area contributed by atoms with Crippen molar-refractivity contribution in [2.45, 2.75) is 39.2 Å². The van der Waals surface area contributed by atoms with Gasteiger partial charge in [-0.05, 0) is 45.2 Å². The van der Waals surface area contributed by atoms with Crippen LogP contribution in [0, 0.1) is 12.8 Å². The molecular weight excluding hydrogens is 134 g/mol. The molecule has 0 amide bonds. The van der Waals surface area contributed by atoms with Gasteiger partial charge in [0.15, 0.2) is 0 Å². The Morgan fingerprint density at radius 3 is 2.45 bits per heavy atom. The smallest absolute Gasteiger partial charge is 0.00643 e. The van der Waals surface area contributed by atoms with Gasteiger partial charge in [-0.3, -0.25) is 0 Å². The summed E-state index contributed by atoms with van der Waals surface area (Å²) in [5, 5.41) is 0. The molecule has 0 saturated carbocycles. The van der Waals surface area contributed by atoms with Crippen LogP contribution in [0.25, 0.3) is 0 Å². The summed E-state index contributed by atoms with van der Waals surface area (Å²) in [6, 6.07) is 0.780. The van der Waals surface area contributed by atoms with Crippen LogP contribution in [0.5, 0.6) is 0 Å². The van der Waals surface area contributed by atoms with Crippen LogP contribution in [0.2, 0.25) is 0 Å². The van der Waals surface area contributed by atoms with Gasteiger partial charge >= 0.3 is 0 Å². The van der Waals surface area contributed by atoms with Gasteiger partial charge in [-0.2, -0.15) is 0 Å². The number of piperidine rings is 1. The molecule has 0 spiro atoms. The van der Waals surface area contributed by atoms with E-state index in [9.17, 15) is 0 Å². The molecule has 1 radical (unpaired) electrons. The fourth-order valence-corrected chi connectivity index (χ4v) is 1.65. The third kappa shape index (κ3) is 2.48. The first-order chi connectivity index (χ1) is 5.24. The van der Waals surface area contributed by atoms with Crippen molar-refractivity contribution >= 4 is 0 Å². The van der Waals surface area contributed by atoms with Crippen molar-refractivity contribution in [1.29, 1.82) is 0 Å². The molecule has 65 valence electrons. The summed E-state index contributed by atoms with van der Waals surface area (Å²) in [5.41, 5.74) is 0. The summed E-state index contributed by atoms with van der Waals surface area (Å²) < 4.78 is 0. The molecule has 0 aromatic carbocycles. The maximum absolute atomic E-state index is 4.09. The monoisotopic (exact) mass is 154 g/mol. The SMILES string of the molecule is [CH2]C1CCN(C(C)CC)CC1. The normalized spacial score (nSPS) is 25.4. The van der Waals surface area contributed by atoms with Gasteiger partial charge in [0.05, 0.1) is 0 Å². The molecule has 1 aliphatic heterocycles. The zero-order valence-electron chi connectivity index (χ0n) is 7.84. The highest BCUT2D eigenvalue weighted by Crippen LogP contribution is 2.18. The topological polar surface area (TPSA) is 3.24 Å². The zero-order chi connectivity index (χ0) is 8.27. The summed E-state index contributed by atoms with van der Waals surface area (Å²) in [7, 11) is 0. The second-order valence-corrected chi connectivity index (χ2v) is 3.74. The highest BCUT2D eigenvalue weighted by molar-refractivity contribution is 4.76. The molecule has 1 fully saturated rings. The average Bonchev–Trinajstić information content (AvgIpc) is 2.05. The lowest BCUT2D eigenvalue weighted by Gasteiger charge is -2.34. The van der Waals surface area contributed by atoms with Crippen molar-refractivity contribution < 1.29 is 0 Å². The fourth-order valence-electron chi connectivity index (χ4n) is 1.65. The van der Waals surface area contributed by atoms with Crippen LogP contribution in [-0.2, 0) is 0 Å². The van der Waals surface area contributed by atoms with E-state index in [1.807, 2.05) is 0 Å². The van der Waals surface area contributed by atoms with Crippen molar-refractivity contribution in [3.8, 4) is 0 Å². The Morgan fingerprint density at radius 1 is 1.45 bits per heavy atom. The van der Waals surface area contributed by atoms with E-state index in [-0.39, 0.29) is 0 Å². The van der Waals surface area contributed by atoms with E-state index >= 15 is 0 Å². The number of rotatable bonds is 2. The minimum absolute atomic E-state index is 0.718. The molecule has 1 nitrogen and oxygen atoms in total. The summed E-state index contributed by atoms with van der Waals surface area (Å²) in [6.45, 7) is 11.2. The van der Waals surface area contributed by atoms with Crippen LogP contribution >= 0.6 is 0 Å². The molecule has 11 heavy (non-hydrogen) atoms. The predicted octanol–water partition coefficient (Wildman–Crippen LogP) is 2.33. The lowest BCUT2D eigenvalue weighted by molar-refractivity contribution is 0.151. The lowest BCUT2D eigenvalue weighted by Crippen LogP contribution is -2.39. The van der Waals surface area contributed by atoms with E-state index < -0.39 is 0 Å². The number of hydrogen-bond acceptors (Lipinski definition) is 1. The lowest BCUT2D eigenvalue weighted by atomic mass is 9.98. The van der Waals surface area contributed by atoms with Gasteiger partial charge in [-0.15, -0.1) is 0 Å². The van der Waals surface area contributed by atoms with Gasteiger partial charge in [0, 0.05) is 6.04 Å². The van der Waals surface area contributed by atoms with Gasteiger partial charge in [0.2, 0.25) is 0 Å². The largest absolute Gasteiger partial charge is 0.301 e. The third-order valence-electron chi connectivity index (χ3n) is 2.86. The van der Waals surface area contributed by atoms with Crippen molar-refractivity contribution in [3.63, 3.8) is 0 Å². The molecule has 0 bridgehead atoms. The molecule has 1 heteroatoms. The maximum atomic E-state index is 4.09. The second-order valence-electron chi connectivity index (χ2n) is 3.74. The van der Waals surface area contributed by atoms with E-state index in [4.69, 9.17) is 0 Å². The van der Waals surface area contributed by atoms with Gasteiger partial charge in [-0.25, -0.2) is 0 Å². The van der Waals surface area contributed by atoms with Gasteiger partial charge in [0.1, 0.15) is 0 Å². The van der Waals surface area contributed by atoms with Crippen LogP contribution in [0.15, 0.2) is 0 Å². The van der Waals surface area contributed by atoms with Crippen LogP contribution in [0.3, 0.4) is 0 Å². The summed E-state index contributed by atoms with van der Waals surface area (Å²) >= 11 is 0. The van der Waals surface area contributed by atoms with Crippen LogP contribution < -0.4 is 0 Å². The maximum Gasteiger partial charge on any atom is 0.00643 e. The number of nitrogens with zero attached hydrogens (tertiary/aromatic N) is 1. The fraction of sp³-hybridized carbons (Fsp3) is 0.900. The highest BCUT2D eigenvalue weighted by Gasteiger charge is 2.18. The third-order valence-corrected chi connectivity index (χ3v) is 2.86. The molecule has 1 unspecified atom stereocenters. The number of hydrogen-bond donors (Lipinski definition) is 0. The van der Waals surface area contributed by atoms with E-state index in [1.165, 1.54) is 32.4 Å². The minimum Gasteiger partial charge on any atom is -0.301 e. The van der Waals surface area contributed by atoms with E-state index in [2.05, 4.69) is 25.7 Å². The first kappa shape index (κ1) is 9.05. The summed E-state index contributed by atoms with van der Waals surface area (Å²) in [4.78, 5) is 2.58.